The van der Waals surface area contributed by atoms with E-state index in [2.05, 4.69) is 292 Å². The predicted octanol–water partition coefficient (Wildman–Crippen LogP) is 22.0. The van der Waals surface area contributed by atoms with Crippen LogP contribution in [0.1, 0.15) is 86.8 Å². The van der Waals surface area contributed by atoms with Gasteiger partial charge in [0, 0.05) is 49.2 Å². The van der Waals surface area contributed by atoms with Crippen molar-refractivity contribution >= 4 is 43.6 Å². The van der Waals surface area contributed by atoms with Gasteiger partial charge in [-0.1, -0.05) is 223 Å². The lowest BCUT2D eigenvalue weighted by atomic mass is 9.75. The summed E-state index contributed by atoms with van der Waals surface area (Å²) in [5.74, 6) is 0. The normalized spacial score (nSPS) is 15.4. The molecule has 404 valence electrons. The van der Waals surface area contributed by atoms with Crippen molar-refractivity contribution < 1.29 is 0 Å². The maximum absolute atomic E-state index is 2.55. The number of fused-ring (bicyclic) bond motifs is 17. The van der Waals surface area contributed by atoms with E-state index in [1.54, 1.807) is 0 Å². The molecule has 0 N–H and O–H groups in total. The van der Waals surface area contributed by atoms with E-state index in [1.807, 2.05) is 0 Å². The number of rotatable bonds is 6. The number of benzene rings is 12. The first kappa shape index (κ1) is 48.7. The third kappa shape index (κ3) is 6.88. The Morgan fingerprint density at radius 1 is 0.247 bits per heavy atom. The second-order valence-electron chi connectivity index (χ2n) is 25.9. The molecule has 2 heterocycles. The Labute approximate surface area is 497 Å². The van der Waals surface area contributed by atoms with Crippen molar-refractivity contribution in [3.05, 3.63) is 288 Å². The van der Waals surface area contributed by atoms with Crippen molar-refractivity contribution in [1.29, 1.82) is 0 Å². The van der Waals surface area contributed by atoms with Crippen LogP contribution in [-0.2, 0) is 16.2 Å². The fourth-order valence-corrected chi connectivity index (χ4v) is 16.6. The Hall–Kier alpha value is -9.76. The predicted molar refractivity (Wildman–Crippen MR) is 357 cm³/mol. The summed E-state index contributed by atoms with van der Waals surface area (Å²) in [6.45, 7) is 9.47. The molecule has 2 heteroatoms. The van der Waals surface area contributed by atoms with Gasteiger partial charge in [0.2, 0.25) is 0 Å². The zero-order valence-corrected chi connectivity index (χ0v) is 48.5. The number of aromatic nitrogens is 2. The van der Waals surface area contributed by atoms with E-state index in [0.717, 1.165) is 0 Å². The highest BCUT2D eigenvalue weighted by Gasteiger charge is 2.45. The summed E-state index contributed by atoms with van der Waals surface area (Å²) in [6.07, 6.45) is 4.88. The smallest absolute Gasteiger partial charge is 0.0541 e. The quantitative estimate of drug-likeness (QED) is 0.157. The number of para-hydroxylation sites is 2. The lowest BCUT2D eigenvalue weighted by Crippen LogP contribution is -2.20. The Bertz CT molecular complexity index is 4840. The standard InChI is InChI=1S/C83H62N2/c1-81(2)71-19-9-5-15-61(71)63-39-35-59(49-73(63)81)84-77-21-11-7-17-67(77)69-45-55(33-41-79(69)84)51-23-27-53(28-24-51)57-31-37-65-66-38-32-58(48-76(66)83(75(65)47-57)43-13-14-44-83)54-29-25-52(26-30-54)56-34-42-80-70(46-56)68-18-8-12-22-78(68)85(80)60-36-40-64-62-16-6-10-20-72(62)82(3,4)74(64)50-60/h5-12,15-42,45-50H,13-14,43-44H2,1-4H3. The molecule has 4 aliphatic rings. The van der Waals surface area contributed by atoms with Crippen LogP contribution in [0.3, 0.4) is 0 Å². The molecular formula is C83H62N2. The van der Waals surface area contributed by atoms with Crippen molar-refractivity contribution in [2.24, 2.45) is 0 Å². The van der Waals surface area contributed by atoms with Gasteiger partial charge in [-0.2, -0.15) is 0 Å². The van der Waals surface area contributed by atoms with Crippen LogP contribution >= 0.6 is 0 Å². The summed E-state index contributed by atoms with van der Waals surface area (Å²) in [5.41, 5.74) is 34.1. The number of hydrogen-bond donors (Lipinski definition) is 0. The molecule has 1 fully saturated rings. The molecule has 0 bridgehead atoms. The maximum atomic E-state index is 2.55. The topological polar surface area (TPSA) is 9.86 Å². The first-order valence-electron chi connectivity index (χ1n) is 30.7. The summed E-state index contributed by atoms with van der Waals surface area (Å²) >= 11 is 0. The second-order valence-corrected chi connectivity index (χ2v) is 25.9. The van der Waals surface area contributed by atoms with Gasteiger partial charge in [0.15, 0.2) is 0 Å². The first-order chi connectivity index (χ1) is 41.6. The molecule has 0 unspecified atom stereocenters. The SMILES string of the molecule is CC1(C)c2ccccc2-c2ccc(-n3c4ccccc4c4cc(-c5ccc(-c6ccc7c(c6)C6(CCCC6)c6cc(-c8ccc(-c9ccc%10c(c9)c9ccccc9n%10-c9ccc%10c(c9)C(C)(C)c9ccccc9-%10)cc8)ccc6-7)cc5)ccc43)cc21. The van der Waals surface area contributed by atoms with Crippen LogP contribution in [0, 0.1) is 0 Å². The zero-order chi connectivity index (χ0) is 56.5. The van der Waals surface area contributed by atoms with E-state index in [-0.39, 0.29) is 16.2 Å². The van der Waals surface area contributed by atoms with E-state index in [4.69, 9.17) is 0 Å². The van der Waals surface area contributed by atoms with Crippen LogP contribution < -0.4 is 0 Å². The fourth-order valence-electron chi connectivity index (χ4n) is 16.6. The highest BCUT2D eigenvalue weighted by atomic mass is 15.0. The molecule has 14 aromatic rings. The molecule has 85 heavy (non-hydrogen) atoms. The largest absolute Gasteiger partial charge is 0.309 e. The third-order valence-corrected chi connectivity index (χ3v) is 20.9. The third-order valence-electron chi connectivity index (χ3n) is 20.9. The van der Waals surface area contributed by atoms with Crippen LogP contribution in [0.4, 0.5) is 0 Å². The maximum Gasteiger partial charge on any atom is 0.0541 e. The molecule has 1 saturated carbocycles. The van der Waals surface area contributed by atoms with Gasteiger partial charge in [-0.3, -0.25) is 0 Å². The molecule has 0 radical (unpaired) electrons. The van der Waals surface area contributed by atoms with Gasteiger partial charge in [0.05, 0.1) is 22.1 Å². The average Bonchev–Trinajstić information content (AvgIpc) is 1.73. The van der Waals surface area contributed by atoms with Crippen LogP contribution in [0.25, 0.3) is 133 Å². The van der Waals surface area contributed by atoms with Crippen molar-refractivity contribution in [3.63, 3.8) is 0 Å². The van der Waals surface area contributed by atoms with Crippen LogP contribution in [-0.4, -0.2) is 9.13 Å². The molecule has 2 nitrogen and oxygen atoms in total. The van der Waals surface area contributed by atoms with E-state index in [9.17, 15) is 0 Å². The van der Waals surface area contributed by atoms with Crippen molar-refractivity contribution in [3.8, 4) is 89.3 Å². The highest BCUT2D eigenvalue weighted by molar-refractivity contribution is 6.12. The van der Waals surface area contributed by atoms with Crippen LogP contribution in [0.2, 0.25) is 0 Å². The minimum Gasteiger partial charge on any atom is -0.309 e. The first-order valence-corrected chi connectivity index (χ1v) is 30.7. The Morgan fingerprint density at radius 3 is 1.00 bits per heavy atom. The monoisotopic (exact) mass is 1090 g/mol. The highest BCUT2D eigenvalue weighted by Crippen LogP contribution is 2.59. The minimum atomic E-state index is -0.0639. The van der Waals surface area contributed by atoms with Gasteiger partial charge in [-0.15, -0.1) is 0 Å². The molecule has 4 aliphatic carbocycles. The zero-order valence-electron chi connectivity index (χ0n) is 48.5. The summed E-state index contributed by atoms with van der Waals surface area (Å²) < 4.78 is 4.94. The van der Waals surface area contributed by atoms with Gasteiger partial charge >= 0.3 is 0 Å². The van der Waals surface area contributed by atoms with Crippen molar-refractivity contribution in [1.82, 2.24) is 9.13 Å². The molecule has 0 atom stereocenters. The average molecular weight is 1090 g/mol. The number of hydrogen-bond acceptors (Lipinski definition) is 0. The van der Waals surface area contributed by atoms with Crippen LogP contribution in [0.5, 0.6) is 0 Å². The summed E-state index contributed by atoms with van der Waals surface area (Å²) in [7, 11) is 0. The Morgan fingerprint density at radius 2 is 0.565 bits per heavy atom. The van der Waals surface area contributed by atoms with Gasteiger partial charge in [-0.05, 0) is 197 Å². The molecule has 12 aromatic carbocycles. The molecule has 1 spiro atoms. The molecule has 0 amide bonds. The molecule has 0 saturated heterocycles. The van der Waals surface area contributed by atoms with E-state index >= 15 is 0 Å². The summed E-state index contributed by atoms with van der Waals surface area (Å²) in [5, 5.41) is 5.10. The van der Waals surface area contributed by atoms with Gasteiger partial charge in [-0.25, -0.2) is 0 Å². The van der Waals surface area contributed by atoms with Crippen molar-refractivity contribution in [2.75, 3.05) is 0 Å². The van der Waals surface area contributed by atoms with E-state index in [1.165, 1.54) is 192 Å². The Kier molecular flexibility index (Phi) is 10.1. The fraction of sp³-hybridized carbons (Fsp3) is 0.133. The van der Waals surface area contributed by atoms with E-state index < -0.39 is 0 Å². The molecular weight excluding hydrogens is 1020 g/mol. The molecule has 0 aliphatic heterocycles. The second kappa shape index (κ2) is 17.6. The van der Waals surface area contributed by atoms with Crippen molar-refractivity contribution in [2.45, 2.75) is 69.6 Å². The lowest BCUT2D eigenvalue weighted by Gasteiger charge is -2.27. The molecule has 18 rings (SSSR count). The number of nitrogens with zero attached hydrogens (tertiary/aromatic N) is 2. The minimum absolute atomic E-state index is 0.0295. The summed E-state index contributed by atoms with van der Waals surface area (Å²) in [4.78, 5) is 0. The molecule has 2 aromatic heterocycles. The Balaban J connectivity index is 0.631. The lowest BCUT2D eigenvalue weighted by molar-refractivity contribution is 0.550. The van der Waals surface area contributed by atoms with E-state index in [0.29, 0.717) is 0 Å². The summed E-state index contributed by atoms with van der Waals surface area (Å²) in [6, 6.07) is 97.3. The van der Waals surface area contributed by atoms with Gasteiger partial charge in [0.1, 0.15) is 0 Å². The van der Waals surface area contributed by atoms with Crippen LogP contribution in [0.15, 0.2) is 255 Å². The van der Waals surface area contributed by atoms with Gasteiger partial charge in [0.25, 0.3) is 0 Å². The van der Waals surface area contributed by atoms with Gasteiger partial charge < -0.3 is 9.13 Å².